The first-order valence-corrected chi connectivity index (χ1v) is 10.4. The van der Waals surface area contributed by atoms with Crippen LogP contribution in [0.4, 0.5) is 11.6 Å². The maximum absolute atomic E-state index is 12.3. The molecule has 1 fully saturated rings. The van der Waals surface area contributed by atoms with Crippen LogP contribution in [0, 0.1) is 13.8 Å². The Morgan fingerprint density at radius 1 is 0.935 bits per heavy atom. The molecule has 9 heteroatoms. The largest absolute Gasteiger partial charge is 0.353 e. The van der Waals surface area contributed by atoms with Crippen LogP contribution in [0.25, 0.3) is 5.78 Å². The highest BCUT2D eigenvalue weighted by Gasteiger charge is 2.23. The van der Waals surface area contributed by atoms with E-state index in [2.05, 4.69) is 36.9 Å². The monoisotopic (exact) mass is 416 g/mol. The zero-order valence-corrected chi connectivity index (χ0v) is 17.6. The van der Waals surface area contributed by atoms with Crippen LogP contribution in [0.2, 0.25) is 0 Å². The summed E-state index contributed by atoms with van der Waals surface area (Å²) in [4.78, 5) is 25.6. The number of anilines is 2. The molecule has 0 unspecified atom stereocenters. The summed E-state index contributed by atoms with van der Waals surface area (Å²) >= 11 is 0. The van der Waals surface area contributed by atoms with Gasteiger partial charge in [-0.05, 0) is 25.5 Å². The molecule has 4 heterocycles. The highest BCUT2D eigenvalue weighted by Crippen LogP contribution is 2.24. The maximum Gasteiger partial charge on any atom is 0.267 e. The van der Waals surface area contributed by atoms with E-state index in [4.69, 9.17) is 0 Å². The first-order valence-electron chi connectivity index (χ1n) is 10.4. The van der Waals surface area contributed by atoms with Crippen molar-refractivity contribution in [3.05, 3.63) is 76.0 Å². The number of nitrogens with zero attached hydrogens (tertiary/aromatic N) is 8. The average Bonchev–Trinajstić information content (AvgIpc) is 3.25. The summed E-state index contributed by atoms with van der Waals surface area (Å²) in [5.41, 5.74) is 3.04. The minimum Gasteiger partial charge on any atom is -0.353 e. The van der Waals surface area contributed by atoms with E-state index in [9.17, 15) is 4.79 Å². The molecule has 0 amide bonds. The van der Waals surface area contributed by atoms with Gasteiger partial charge in [-0.3, -0.25) is 4.79 Å². The van der Waals surface area contributed by atoms with Crippen LogP contribution in [0.15, 0.2) is 53.6 Å². The van der Waals surface area contributed by atoms with Crippen LogP contribution < -0.4 is 15.4 Å². The number of aromatic nitrogens is 6. The molecule has 1 aromatic carbocycles. The lowest BCUT2D eigenvalue weighted by Gasteiger charge is -2.37. The lowest BCUT2D eigenvalue weighted by molar-refractivity contribution is 0.595. The van der Waals surface area contributed by atoms with Gasteiger partial charge in [-0.15, -0.1) is 0 Å². The summed E-state index contributed by atoms with van der Waals surface area (Å²) in [6, 6.07) is 13.3. The molecule has 0 N–H and O–H groups in total. The molecule has 4 aromatic rings. The highest BCUT2D eigenvalue weighted by molar-refractivity contribution is 5.55. The van der Waals surface area contributed by atoms with Crippen LogP contribution in [-0.4, -0.2) is 55.5 Å². The number of aryl methyl sites for hydroxylation is 1. The Balaban J connectivity index is 1.36. The first-order chi connectivity index (χ1) is 15.1. The van der Waals surface area contributed by atoms with Gasteiger partial charge in [0.15, 0.2) is 0 Å². The van der Waals surface area contributed by atoms with Crippen molar-refractivity contribution in [3.63, 3.8) is 0 Å². The van der Waals surface area contributed by atoms with Gasteiger partial charge in [0.05, 0.1) is 6.54 Å². The molecule has 0 radical (unpaired) electrons. The van der Waals surface area contributed by atoms with Gasteiger partial charge in [-0.2, -0.15) is 19.7 Å². The van der Waals surface area contributed by atoms with Gasteiger partial charge in [-0.25, -0.2) is 9.67 Å². The second-order valence-corrected chi connectivity index (χ2v) is 7.76. The summed E-state index contributed by atoms with van der Waals surface area (Å²) in [6.45, 7) is 7.78. The normalized spacial score (nSPS) is 14.4. The van der Waals surface area contributed by atoms with Gasteiger partial charge in [0.1, 0.15) is 18.0 Å². The van der Waals surface area contributed by atoms with Gasteiger partial charge in [0.25, 0.3) is 11.3 Å². The van der Waals surface area contributed by atoms with E-state index in [1.807, 2.05) is 47.8 Å². The van der Waals surface area contributed by atoms with Crippen LogP contribution in [-0.2, 0) is 6.54 Å². The lowest BCUT2D eigenvalue weighted by Crippen LogP contribution is -2.48. The maximum atomic E-state index is 12.3. The van der Waals surface area contributed by atoms with Gasteiger partial charge < -0.3 is 9.80 Å². The fourth-order valence-corrected chi connectivity index (χ4v) is 4.01. The Kier molecular flexibility index (Phi) is 4.85. The predicted octanol–water partition coefficient (Wildman–Crippen LogP) is 1.67. The van der Waals surface area contributed by atoms with Crippen molar-refractivity contribution in [2.24, 2.45) is 0 Å². The van der Waals surface area contributed by atoms with Gasteiger partial charge in [0.2, 0.25) is 0 Å². The number of hydrogen-bond acceptors (Lipinski definition) is 7. The van der Waals surface area contributed by atoms with E-state index in [0.29, 0.717) is 12.3 Å². The molecule has 3 aromatic heterocycles. The van der Waals surface area contributed by atoms with E-state index < -0.39 is 0 Å². The number of hydrogen-bond donors (Lipinski definition) is 0. The first kappa shape index (κ1) is 19.2. The molecule has 0 saturated carbocycles. The van der Waals surface area contributed by atoms with Gasteiger partial charge in [-0.1, -0.05) is 30.3 Å². The quantitative estimate of drug-likeness (QED) is 0.500. The van der Waals surface area contributed by atoms with Gasteiger partial charge >= 0.3 is 0 Å². The van der Waals surface area contributed by atoms with Crippen molar-refractivity contribution in [2.75, 3.05) is 36.0 Å². The van der Waals surface area contributed by atoms with Crippen molar-refractivity contribution in [1.29, 1.82) is 0 Å². The van der Waals surface area contributed by atoms with Crippen molar-refractivity contribution in [3.8, 4) is 0 Å². The van der Waals surface area contributed by atoms with Crippen LogP contribution in [0.5, 0.6) is 0 Å². The molecule has 0 bridgehead atoms. The van der Waals surface area contributed by atoms with Crippen molar-refractivity contribution < 1.29 is 0 Å². The Morgan fingerprint density at radius 3 is 2.45 bits per heavy atom. The Morgan fingerprint density at radius 2 is 1.68 bits per heavy atom. The topological polar surface area (TPSA) is 84.5 Å². The number of piperazine rings is 1. The highest BCUT2D eigenvalue weighted by atomic mass is 16.1. The lowest BCUT2D eigenvalue weighted by atomic mass is 10.2. The van der Waals surface area contributed by atoms with E-state index in [0.717, 1.165) is 54.6 Å². The SMILES string of the molecule is Cc1nc2ncnn2c(N2CCN(c3ccc(=O)n(Cc4ccccc4)n3)CC2)c1C. The van der Waals surface area contributed by atoms with E-state index in [-0.39, 0.29) is 5.56 Å². The molecule has 5 rings (SSSR count). The Hall–Kier alpha value is -3.75. The molecule has 158 valence electrons. The average molecular weight is 416 g/mol. The van der Waals surface area contributed by atoms with Crippen molar-refractivity contribution >= 4 is 17.4 Å². The van der Waals surface area contributed by atoms with Crippen molar-refractivity contribution in [1.82, 2.24) is 29.4 Å². The third kappa shape index (κ3) is 3.63. The number of fused-ring (bicyclic) bond motifs is 1. The Labute approximate surface area is 179 Å². The zero-order valence-electron chi connectivity index (χ0n) is 17.6. The van der Waals surface area contributed by atoms with E-state index in [1.54, 1.807) is 12.4 Å². The molecule has 1 aliphatic rings. The van der Waals surface area contributed by atoms with Crippen LogP contribution in [0.3, 0.4) is 0 Å². The fourth-order valence-electron chi connectivity index (χ4n) is 4.01. The zero-order chi connectivity index (χ0) is 21.4. The summed E-state index contributed by atoms with van der Waals surface area (Å²) in [7, 11) is 0. The van der Waals surface area contributed by atoms with Crippen LogP contribution >= 0.6 is 0 Å². The molecular formula is C22H24N8O. The number of benzene rings is 1. The summed E-state index contributed by atoms with van der Waals surface area (Å²) in [6.07, 6.45) is 1.54. The second kappa shape index (κ2) is 7.82. The standard InChI is InChI=1S/C22H24N8O/c1-16-17(2)25-22-23-15-24-30(22)21(16)28-12-10-27(11-13-28)19-8-9-20(31)29(26-19)14-18-6-4-3-5-7-18/h3-9,15H,10-14H2,1-2H3. The molecule has 0 aliphatic carbocycles. The second-order valence-electron chi connectivity index (χ2n) is 7.76. The molecule has 1 saturated heterocycles. The summed E-state index contributed by atoms with van der Waals surface area (Å²) in [5.74, 6) is 2.49. The molecule has 1 aliphatic heterocycles. The van der Waals surface area contributed by atoms with Crippen LogP contribution in [0.1, 0.15) is 16.8 Å². The van der Waals surface area contributed by atoms with E-state index in [1.165, 1.54) is 4.68 Å². The third-order valence-corrected chi connectivity index (χ3v) is 5.81. The van der Waals surface area contributed by atoms with Crippen molar-refractivity contribution in [2.45, 2.75) is 20.4 Å². The minimum absolute atomic E-state index is 0.0947. The smallest absolute Gasteiger partial charge is 0.267 e. The predicted molar refractivity (Wildman–Crippen MR) is 119 cm³/mol. The van der Waals surface area contributed by atoms with E-state index >= 15 is 0 Å². The molecule has 0 atom stereocenters. The molecule has 31 heavy (non-hydrogen) atoms. The molecule has 9 nitrogen and oxygen atoms in total. The summed E-state index contributed by atoms with van der Waals surface area (Å²) < 4.78 is 3.35. The number of rotatable bonds is 4. The molecule has 0 spiro atoms. The Bertz CT molecular complexity index is 1270. The van der Waals surface area contributed by atoms with Gasteiger partial charge in [0, 0.05) is 43.5 Å². The fraction of sp³-hybridized carbons (Fsp3) is 0.318. The third-order valence-electron chi connectivity index (χ3n) is 5.81. The minimum atomic E-state index is -0.0947. The molecular weight excluding hydrogens is 392 g/mol. The summed E-state index contributed by atoms with van der Waals surface area (Å²) in [5, 5.41) is 9.01.